The van der Waals surface area contributed by atoms with Crippen LogP contribution in [0.2, 0.25) is 0 Å². The number of hydrogen-bond donors (Lipinski definition) is 0. The van der Waals surface area contributed by atoms with Crippen molar-refractivity contribution in [3.8, 4) is 39.4 Å². The molecule has 0 atom stereocenters. The largest absolute Gasteiger partial charge is 0.504 e. The first-order valence-corrected chi connectivity index (χ1v) is 13.1. The summed E-state index contributed by atoms with van der Waals surface area (Å²) in [6.07, 6.45) is 1.85. The van der Waals surface area contributed by atoms with Crippen molar-refractivity contribution in [3.63, 3.8) is 0 Å². The summed E-state index contributed by atoms with van der Waals surface area (Å²) >= 11 is 0. The summed E-state index contributed by atoms with van der Waals surface area (Å²) in [6, 6.07) is 51.4. The summed E-state index contributed by atoms with van der Waals surface area (Å²) in [6.45, 7) is 0.522. The number of nitrogens with zero attached hydrogens (tertiary/aromatic N) is 2. The smallest absolute Gasteiger partial charge is 0.141 e. The van der Waals surface area contributed by atoms with E-state index < -0.39 is 0 Å². The predicted molar refractivity (Wildman–Crippen MR) is 159 cm³/mol. The van der Waals surface area contributed by atoms with Gasteiger partial charge in [0.25, 0.3) is 0 Å². The molecule has 0 saturated carbocycles. The van der Waals surface area contributed by atoms with Crippen LogP contribution in [0.1, 0.15) is 5.56 Å². The Labute approximate surface area is 284 Å². The maximum absolute atomic E-state index is 5.89. The van der Waals surface area contributed by atoms with Gasteiger partial charge in [-0.25, -0.2) is 23.2 Å². The van der Waals surface area contributed by atoms with Gasteiger partial charge in [-0.1, -0.05) is 42.5 Å². The van der Waals surface area contributed by atoms with Crippen molar-refractivity contribution in [2.45, 2.75) is 6.61 Å². The Hall–Kier alpha value is -3.53. The van der Waals surface area contributed by atoms with Crippen molar-refractivity contribution < 1.29 is 57.6 Å². The van der Waals surface area contributed by atoms with Gasteiger partial charge in [-0.3, -0.25) is 0 Å². The van der Waals surface area contributed by atoms with Crippen molar-refractivity contribution in [3.05, 3.63) is 151 Å². The molecule has 0 bridgehead atoms. The van der Waals surface area contributed by atoms with Crippen LogP contribution in [0.25, 0.3) is 55.3 Å². The number of para-hydroxylation sites is 1. The van der Waals surface area contributed by atoms with Crippen LogP contribution in [0.4, 0.5) is 0 Å². The standard InChI is InChI=1S/C22H12NO.C15H10N.Ir.Y/c1-2-6-15(7-3-1)16-10-11-18-14-24-21-13-17-8-4-5-9-20(17)23-22(21)19(18)12-16;1-2-7-13(8-3-1)15-14-9-5-4-6-12(14)10-11-16-15;;/h1-6,8-9,11,13H,14H2;1-7,9-11H;;/q-3;-1;;. The van der Waals surface area contributed by atoms with Crippen molar-refractivity contribution >= 4 is 21.7 Å². The molecular formula is C37H22IrN2OY-4. The molecule has 8 rings (SSSR count). The predicted octanol–water partition coefficient (Wildman–Crippen LogP) is 8.56. The van der Waals surface area contributed by atoms with Crippen LogP contribution in [0, 0.1) is 24.3 Å². The minimum Gasteiger partial charge on any atom is -0.504 e. The molecule has 5 aromatic carbocycles. The SMILES string of the molecule is [Ir].[Y].[c-]1cc2c([c-]c1-c1[c-]cccc1)-c1nc3ccccc3cc1OC2.[c-]1ccccc1-c1nccc2ccccc12. The molecule has 7 aromatic rings. The topological polar surface area (TPSA) is 35.0 Å². The van der Waals surface area contributed by atoms with Crippen LogP contribution in [-0.4, -0.2) is 9.97 Å². The fourth-order valence-corrected chi connectivity index (χ4v) is 4.91. The third kappa shape index (κ3) is 6.14. The van der Waals surface area contributed by atoms with E-state index in [4.69, 9.17) is 9.72 Å². The van der Waals surface area contributed by atoms with Crippen molar-refractivity contribution in [2.24, 2.45) is 0 Å². The van der Waals surface area contributed by atoms with Gasteiger partial charge in [-0.05, 0) is 34.7 Å². The van der Waals surface area contributed by atoms with Gasteiger partial charge >= 0.3 is 0 Å². The van der Waals surface area contributed by atoms with E-state index in [9.17, 15) is 0 Å². The van der Waals surface area contributed by atoms with Crippen LogP contribution < -0.4 is 4.74 Å². The second-order valence-corrected chi connectivity index (χ2v) is 9.44. The number of hydrogen-bond acceptors (Lipinski definition) is 3. The molecule has 42 heavy (non-hydrogen) atoms. The number of ether oxygens (including phenoxy) is 1. The average molecular weight is 792 g/mol. The molecule has 0 saturated heterocycles. The first-order valence-electron chi connectivity index (χ1n) is 13.1. The van der Waals surface area contributed by atoms with Gasteiger partial charge in [0.2, 0.25) is 0 Å². The van der Waals surface area contributed by atoms with E-state index in [-0.39, 0.29) is 52.8 Å². The summed E-state index contributed by atoms with van der Waals surface area (Å²) < 4.78 is 5.89. The Morgan fingerprint density at radius 1 is 0.690 bits per heavy atom. The molecule has 5 heteroatoms. The Morgan fingerprint density at radius 3 is 2.19 bits per heavy atom. The van der Waals surface area contributed by atoms with E-state index in [2.05, 4.69) is 47.4 Å². The number of benzene rings is 5. The van der Waals surface area contributed by atoms with Crippen LogP contribution in [0.5, 0.6) is 5.75 Å². The number of pyridine rings is 2. The maximum Gasteiger partial charge on any atom is 0.141 e. The van der Waals surface area contributed by atoms with Gasteiger partial charge in [-0.15, -0.1) is 42.0 Å². The molecule has 3 nitrogen and oxygen atoms in total. The number of fused-ring (bicyclic) bond motifs is 5. The molecule has 0 unspecified atom stereocenters. The molecule has 0 fully saturated rings. The van der Waals surface area contributed by atoms with Gasteiger partial charge < -0.3 is 33.0 Å². The minimum absolute atomic E-state index is 0. The fraction of sp³-hybridized carbons (Fsp3) is 0.0270. The zero-order chi connectivity index (χ0) is 26.7. The summed E-state index contributed by atoms with van der Waals surface area (Å²) in [4.78, 5) is 9.26. The molecule has 2 radical (unpaired) electrons. The Morgan fingerprint density at radius 2 is 1.40 bits per heavy atom. The Bertz CT molecular complexity index is 1960. The summed E-state index contributed by atoms with van der Waals surface area (Å²) in [5.41, 5.74) is 7.78. The minimum atomic E-state index is 0. The third-order valence-electron chi connectivity index (χ3n) is 6.89. The Balaban J connectivity index is 0.000000172. The molecule has 0 aliphatic carbocycles. The summed E-state index contributed by atoms with van der Waals surface area (Å²) in [5.74, 6) is 0.812. The molecular weight excluding hydrogens is 770 g/mol. The van der Waals surface area contributed by atoms with Gasteiger partial charge in [-0.2, -0.15) is 23.3 Å². The molecule has 0 N–H and O–H groups in total. The van der Waals surface area contributed by atoms with E-state index in [1.165, 1.54) is 10.8 Å². The Kier molecular flexibility index (Phi) is 9.72. The molecule has 1 aliphatic rings. The second-order valence-electron chi connectivity index (χ2n) is 9.44. The van der Waals surface area contributed by atoms with Crippen LogP contribution in [0.15, 0.2) is 121 Å². The van der Waals surface area contributed by atoms with E-state index in [1.54, 1.807) is 0 Å². The molecule has 2 aromatic heterocycles. The average Bonchev–Trinajstić information content (AvgIpc) is 3.04. The normalized spacial score (nSPS) is 11.0. The van der Waals surface area contributed by atoms with Gasteiger partial charge in [0.1, 0.15) is 5.75 Å². The molecule has 1 aliphatic heterocycles. The fourth-order valence-electron chi connectivity index (χ4n) is 4.91. The van der Waals surface area contributed by atoms with Gasteiger partial charge in [0, 0.05) is 71.0 Å². The van der Waals surface area contributed by atoms with Crippen molar-refractivity contribution in [1.29, 1.82) is 0 Å². The zero-order valence-electron chi connectivity index (χ0n) is 22.5. The van der Waals surface area contributed by atoms with E-state index >= 15 is 0 Å². The van der Waals surface area contributed by atoms with E-state index in [0.29, 0.717) is 6.61 Å². The van der Waals surface area contributed by atoms with E-state index in [0.717, 1.165) is 55.9 Å². The van der Waals surface area contributed by atoms with Gasteiger partial charge in [0.05, 0.1) is 11.2 Å². The number of aromatic nitrogens is 2. The third-order valence-corrected chi connectivity index (χ3v) is 6.89. The van der Waals surface area contributed by atoms with Crippen LogP contribution in [-0.2, 0) is 59.4 Å². The number of rotatable bonds is 2. The summed E-state index contributed by atoms with van der Waals surface area (Å²) in [5, 5.41) is 3.47. The van der Waals surface area contributed by atoms with E-state index in [1.807, 2.05) is 103 Å². The zero-order valence-corrected chi connectivity index (χ0v) is 27.7. The van der Waals surface area contributed by atoms with Gasteiger partial charge in [0.15, 0.2) is 0 Å². The molecule has 3 heterocycles. The van der Waals surface area contributed by atoms with Crippen LogP contribution >= 0.6 is 0 Å². The summed E-state index contributed by atoms with van der Waals surface area (Å²) in [7, 11) is 0. The van der Waals surface area contributed by atoms with Crippen LogP contribution in [0.3, 0.4) is 0 Å². The maximum atomic E-state index is 5.89. The first-order chi connectivity index (χ1) is 19.8. The molecule has 202 valence electrons. The molecule has 0 spiro atoms. The van der Waals surface area contributed by atoms with Crippen molar-refractivity contribution in [2.75, 3.05) is 0 Å². The second kappa shape index (κ2) is 13.6. The monoisotopic (exact) mass is 792 g/mol. The quantitative estimate of drug-likeness (QED) is 0.165. The molecule has 0 amide bonds. The first kappa shape index (κ1) is 29.9. The van der Waals surface area contributed by atoms with Crippen molar-refractivity contribution in [1.82, 2.24) is 9.97 Å².